The van der Waals surface area contributed by atoms with Crippen molar-refractivity contribution in [2.45, 2.75) is 13.8 Å². The molecule has 1 rings (SSSR count). The van der Waals surface area contributed by atoms with Gasteiger partial charge in [0.15, 0.2) is 0 Å². The first-order valence-corrected chi connectivity index (χ1v) is 5.22. The molecule has 0 atom stereocenters. The zero-order chi connectivity index (χ0) is 12.0. The predicted molar refractivity (Wildman–Crippen MR) is 63.2 cm³/mol. The molecule has 0 aromatic heterocycles. The van der Waals surface area contributed by atoms with Gasteiger partial charge in [-0.25, -0.2) is 4.79 Å². The Morgan fingerprint density at radius 2 is 2.00 bits per heavy atom. The molecule has 86 valence electrons. The van der Waals surface area contributed by atoms with Crippen molar-refractivity contribution in [2.75, 3.05) is 6.61 Å². The second-order valence-electron chi connectivity index (χ2n) is 3.76. The number of carboxylic acid groups (broad SMARTS) is 1. The van der Waals surface area contributed by atoms with Gasteiger partial charge in [-0.05, 0) is 23.1 Å². The highest BCUT2D eigenvalue weighted by Crippen LogP contribution is 2.22. The van der Waals surface area contributed by atoms with Crippen LogP contribution in [-0.4, -0.2) is 17.9 Å². The largest absolute Gasteiger partial charge is 0.506 e. The lowest BCUT2D eigenvalue weighted by molar-refractivity contribution is 0.102. The van der Waals surface area contributed by atoms with Crippen LogP contribution in [0.4, 0.5) is 4.79 Å². The lowest BCUT2D eigenvalue weighted by Gasteiger charge is -2.11. The average molecular weight is 220 g/mol. The van der Waals surface area contributed by atoms with Crippen LogP contribution in [0.15, 0.2) is 36.4 Å². The van der Waals surface area contributed by atoms with Crippen LogP contribution in [0.5, 0.6) is 0 Å². The second-order valence-corrected chi connectivity index (χ2v) is 3.76. The first-order chi connectivity index (χ1) is 7.61. The number of hydrogen-bond donors (Lipinski definition) is 1. The molecule has 1 aromatic carbocycles. The van der Waals surface area contributed by atoms with Crippen LogP contribution in [0, 0.1) is 5.92 Å². The van der Waals surface area contributed by atoms with E-state index in [9.17, 15) is 4.79 Å². The van der Waals surface area contributed by atoms with Gasteiger partial charge in [0.05, 0.1) is 0 Å². The fourth-order valence-corrected chi connectivity index (χ4v) is 1.52. The lowest BCUT2D eigenvalue weighted by Crippen LogP contribution is -2.02. The molecule has 0 aliphatic rings. The SMILES string of the molecule is CC(C)C(=CCOC(=O)O)c1ccccc1. The first kappa shape index (κ1) is 12.3. The molecule has 0 saturated heterocycles. The molecule has 0 aliphatic carbocycles. The third kappa shape index (κ3) is 3.77. The van der Waals surface area contributed by atoms with Gasteiger partial charge in [0, 0.05) is 0 Å². The van der Waals surface area contributed by atoms with E-state index in [1.807, 2.05) is 36.4 Å². The normalized spacial score (nSPS) is 11.6. The van der Waals surface area contributed by atoms with Crippen LogP contribution >= 0.6 is 0 Å². The van der Waals surface area contributed by atoms with E-state index in [4.69, 9.17) is 5.11 Å². The molecule has 0 saturated carbocycles. The van der Waals surface area contributed by atoms with Gasteiger partial charge in [0.2, 0.25) is 0 Å². The van der Waals surface area contributed by atoms with Gasteiger partial charge in [-0.1, -0.05) is 44.2 Å². The number of allylic oxidation sites excluding steroid dienone is 1. The Labute approximate surface area is 95.4 Å². The van der Waals surface area contributed by atoms with Gasteiger partial charge >= 0.3 is 6.16 Å². The average Bonchev–Trinajstić information content (AvgIpc) is 2.25. The third-order valence-electron chi connectivity index (χ3n) is 2.24. The summed E-state index contributed by atoms with van der Waals surface area (Å²) >= 11 is 0. The molecule has 1 N–H and O–H groups in total. The van der Waals surface area contributed by atoms with Gasteiger partial charge in [0.25, 0.3) is 0 Å². The first-order valence-electron chi connectivity index (χ1n) is 5.22. The molecule has 0 aliphatic heterocycles. The lowest BCUT2D eigenvalue weighted by atomic mass is 9.95. The van der Waals surface area contributed by atoms with Crippen molar-refractivity contribution in [3.05, 3.63) is 42.0 Å². The van der Waals surface area contributed by atoms with Gasteiger partial charge in [-0.2, -0.15) is 0 Å². The molecule has 16 heavy (non-hydrogen) atoms. The van der Waals surface area contributed by atoms with Gasteiger partial charge < -0.3 is 9.84 Å². The summed E-state index contributed by atoms with van der Waals surface area (Å²) in [6.45, 7) is 4.23. The van der Waals surface area contributed by atoms with Crippen molar-refractivity contribution in [1.29, 1.82) is 0 Å². The molecule has 0 bridgehead atoms. The summed E-state index contributed by atoms with van der Waals surface area (Å²) < 4.78 is 4.48. The molecule has 1 aromatic rings. The molecule has 0 radical (unpaired) electrons. The van der Waals surface area contributed by atoms with E-state index < -0.39 is 6.16 Å². The Morgan fingerprint density at radius 3 is 2.50 bits per heavy atom. The Kier molecular flexibility index (Phi) is 4.58. The number of ether oxygens (including phenoxy) is 1. The monoisotopic (exact) mass is 220 g/mol. The molecule has 3 heteroatoms. The Morgan fingerprint density at radius 1 is 1.38 bits per heavy atom. The van der Waals surface area contributed by atoms with Crippen molar-refractivity contribution in [3.8, 4) is 0 Å². The number of hydrogen-bond acceptors (Lipinski definition) is 2. The van der Waals surface area contributed by atoms with Crippen molar-refractivity contribution >= 4 is 11.7 Å². The minimum atomic E-state index is -1.24. The summed E-state index contributed by atoms with van der Waals surface area (Å²) in [5, 5.41) is 8.38. The zero-order valence-electron chi connectivity index (χ0n) is 9.51. The van der Waals surface area contributed by atoms with E-state index >= 15 is 0 Å². The van der Waals surface area contributed by atoms with E-state index in [0.717, 1.165) is 11.1 Å². The Hall–Kier alpha value is -1.77. The van der Waals surface area contributed by atoms with E-state index in [0.29, 0.717) is 5.92 Å². The standard InChI is InChI=1S/C13H16O3/c1-10(2)12(8-9-16-13(14)15)11-6-4-3-5-7-11/h3-8,10H,9H2,1-2H3,(H,14,15). The van der Waals surface area contributed by atoms with Gasteiger partial charge in [-0.15, -0.1) is 0 Å². The maximum Gasteiger partial charge on any atom is 0.506 e. The molecular formula is C13H16O3. The highest BCUT2D eigenvalue weighted by Gasteiger charge is 2.05. The third-order valence-corrected chi connectivity index (χ3v) is 2.24. The van der Waals surface area contributed by atoms with Crippen molar-refractivity contribution in [1.82, 2.24) is 0 Å². The second kappa shape index (κ2) is 5.95. The van der Waals surface area contributed by atoms with Crippen LogP contribution in [0.3, 0.4) is 0 Å². The van der Waals surface area contributed by atoms with Crippen LogP contribution < -0.4 is 0 Å². The zero-order valence-corrected chi connectivity index (χ0v) is 9.51. The number of benzene rings is 1. The summed E-state index contributed by atoms with van der Waals surface area (Å²) in [5.74, 6) is 0.333. The van der Waals surface area contributed by atoms with Crippen LogP contribution in [-0.2, 0) is 4.74 Å². The molecule has 0 spiro atoms. The van der Waals surface area contributed by atoms with Gasteiger partial charge in [0.1, 0.15) is 6.61 Å². The summed E-state index contributed by atoms with van der Waals surface area (Å²) in [7, 11) is 0. The van der Waals surface area contributed by atoms with Crippen LogP contribution in [0.1, 0.15) is 19.4 Å². The van der Waals surface area contributed by atoms with Crippen molar-refractivity contribution in [2.24, 2.45) is 5.92 Å². The highest BCUT2D eigenvalue weighted by atomic mass is 16.7. The summed E-state index contributed by atoms with van der Waals surface area (Å²) in [4.78, 5) is 10.2. The maximum atomic E-state index is 10.2. The smallest absolute Gasteiger partial charge is 0.450 e. The van der Waals surface area contributed by atoms with Crippen LogP contribution in [0.25, 0.3) is 5.57 Å². The van der Waals surface area contributed by atoms with E-state index in [1.165, 1.54) is 0 Å². The minimum Gasteiger partial charge on any atom is -0.450 e. The van der Waals surface area contributed by atoms with Gasteiger partial charge in [-0.3, -0.25) is 0 Å². The Balaban J connectivity index is 2.79. The molecular weight excluding hydrogens is 204 g/mol. The van der Waals surface area contributed by atoms with E-state index in [2.05, 4.69) is 18.6 Å². The highest BCUT2D eigenvalue weighted by molar-refractivity contribution is 5.67. The summed E-state index contributed by atoms with van der Waals surface area (Å²) in [6, 6.07) is 9.89. The number of carbonyl (C=O) groups is 1. The van der Waals surface area contributed by atoms with Crippen molar-refractivity contribution in [3.63, 3.8) is 0 Å². The fourth-order valence-electron chi connectivity index (χ4n) is 1.52. The number of rotatable bonds is 4. The quantitative estimate of drug-likeness (QED) is 0.791. The van der Waals surface area contributed by atoms with E-state index in [1.54, 1.807) is 0 Å². The summed E-state index contributed by atoms with van der Waals surface area (Å²) in [5.41, 5.74) is 2.20. The van der Waals surface area contributed by atoms with Crippen LogP contribution in [0.2, 0.25) is 0 Å². The molecule has 0 amide bonds. The predicted octanol–water partition coefficient (Wildman–Crippen LogP) is 3.42. The minimum absolute atomic E-state index is 0.0950. The van der Waals surface area contributed by atoms with E-state index in [-0.39, 0.29) is 6.61 Å². The molecule has 3 nitrogen and oxygen atoms in total. The molecule has 0 fully saturated rings. The maximum absolute atomic E-state index is 10.2. The van der Waals surface area contributed by atoms with Crippen molar-refractivity contribution < 1.29 is 14.6 Å². The topological polar surface area (TPSA) is 46.5 Å². The molecule has 0 unspecified atom stereocenters. The Bertz CT molecular complexity index is 366. The molecule has 0 heterocycles. The fraction of sp³-hybridized carbons (Fsp3) is 0.308. The summed E-state index contributed by atoms with van der Waals surface area (Å²) in [6.07, 6.45) is 0.570.